The second-order valence-electron chi connectivity index (χ2n) is 10.3. The van der Waals surface area contributed by atoms with Crippen LogP contribution in [0, 0.1) is 11.7 Å². The van der Waals surface area contributed by atoms with Crippen molar-refractivity contribution in [1.82, 2.24) is 24.7 Å². The molecule has 5 rings (SSSR count). The average Bonchev–Trinajstić information content (AvgIpc) is 3.17. The Morgan fingerprint density at radius 3 is 2.61 bits per heavy atom. The zero-order chi connectivity index (χ0) is 27.5. The quantitative estimate of drug-likeness (QED) is 0.369. The third kappa shape index (κ3) is 4.69. The van der Waals surface area contributed by atoms with Crippen LogP contribution in [0.15, 0.2) is 30.6 Å². The van der Waals surface area contributed by atoms with Gasteiger partial charge in [0.15, 0.2) is 11.0 Å². The molecule has 38 heavy (non-hydrogen) atoms. The predicted octanol–water partition coefficient (Wildman–Crippen LogP) is 4.46. The lowest BCUT2D eigenvalue weighted by Crippen LogP contribution is -2.57. The highest BCUT2D eigenvalue weighted by atomic mass is 35.5. The minimum atomic E-state index is -3.15. The second kappa shape index (κ2) is 9.46. The molecule has 0 unspecified atom stereocenters. The molecule has 1 fully saturated rings. The number of rotatable bonds is 6. The Labute approximate surface area is 225 Å². The first-order valence-corrected chi connectivity index (χ1v) is 14.7. The largest absolute Gasteiger partial charge is 0.384 e. The van der Waals surface area contributed by atoms with Gasteiger partial charge in [0.2, 0.25) is 0 Å². The summed E-state index contributed by atoms with van der Waals surface area (Å²) >= 11 is 6.30. The van der Waals surface area contributed by atoms with Crippen molar-refractivity contribution in [2.75, 3.05) is 29.2 Å². The van der Waals surface area contributed by atoms with Gasteiger partial charge >= 0.3 is 0 Å². The molecule has 1 aliphatic rings. The third-order valence-corrected chi connectivity index (χ3v) is 8.35. The number of fused-ring (bicyclic) bond motifs is 1. The van der Waals surface area contributed by atoms with Crippen molar-refractivity contribution >= 4 is 43.7 Å². The molecule has 0 saturated carbocycles. The first-order valence-electron chi connectivity index (χ1n) is 12.2. The second-order valence-corrected chi connectivity index (χ2v) is 12.8. The molecule has 0 radical (unpaired) electrons. The van der Waals surface area contributed by atoms with Gasteiger partial charge in [-0.25, -0.2) is 27.8 Å². The van der Waals surface area contributed by atoms with Crippen molar-refractivity contribution in [1.29, 1.82) is 0 Å². The van der Waals surface area contributed by atoms with E-state index in [1.165, 1.54) is 12.3 Å². The molecule has 0 spiro atoms. The van der Waals surface area contributed by atoms with Crippen molar-refractivity contribution in [3.8, 4) is 22.8 Å². The number of hydrogen-bond acceptors (Lipinski definition) is 8. The van der Waals surface area contributed by atoms with Crippen LogP contribution in [-0.2, 0) is 16.9 Å². The van der Waals surface area contributed by atoms with Gasteiger partial charge in [-0.3, -0.25) is 4.68 Å². The topological polar surface area (TPSA) is 120 Å². The van der Waals surface area contributed by atoms with Gasteiger partial charge in [0.05, 0.1) is 22.7 Å². The van der Waals surface area contributed by atoms with E-state index >= 15 is 4.39 Å². The molecule has 4 aromatic rings. The number of nitrogen functional groups attached to an aromatic ring is 1. The molecule has 3 aromatic heterocycles. The van der Waals surface area contributed by atoms with Crippen molar-refractivity contribution in [2.24, 2.45) is 13.0 Å². The van der Waals surface area contributed by atoms with Gasteiger partial charge in [0, 0.05) is 49.6 Å². The predicted molar refractivity (Wildman–Crippen MR) is 148 cm³/mol. The van der Waals surface area contributed by atoms with Gasteiger partial charge in [0.25, 0.3) is 0 Å². The van der Waals surface area contributed by atoms with E-state index in [4.69, 9.17) is 22.3 Å². The molecular formula is C26H29ClFN7O2S. The smallest absolute Gasteiger partial charge is 0.164 e. The number of hydrogen-bond donors (Lipinski definition) is 1. The Morgan fingerprint density at radius 1 is 1.26 bits per heavy atom. The van der Waals surface area contributed by atoms with E-state index in [9.17, 15) is 8.42 Å². The fourth-order valence-electron chi connectivity index (χ4n) is 5.25. The summed E-state index contributed by atoms with van der Waals surface area (Å²) in [4.78, 5) is 15.8. The Balaban J connectivity index is 1.73. The van der Waals surface area contributed by atoms with Crippen molar-refractivity contribution in [2.45, 2.75) is 32.7 Å². The van der Waals surface area contributed by atoms with Gasteiger partial charge in [-0.05, 0) is 42.0 Å². The van der Waals surface area contributed by atoms with Crippen LogP contribution >= 0.6 is 11.6 Å². The first kappa shape index (κ1) is 26.3. The number of halogens is 2. The van der Waals surface area contributed by atoms with Crippen LogP contribution in [-0.4, -0.2) is 57.7 Å². The molecule has 0 bridgehead atoms. The maximum atomic E-state index is 15.6. The molecule has 9 nitrogen and oxygen atoms in total. The molecule has 1 saturated heterocycles. The Kier molecular flexibility index (Phi) is 6.55. The van der Waals surface area contributed by atoms with Gasteiger partial charge < -0.3 is 10.6 Å². The van der Waals surface area contributed by atoms with Crippen molar-refractivity contribution in [3.63, 3.8) is 0 Å². The standard InChI is InChI=1S/C26H29ClFN7O2S/c1-13(2)22-16-8-21(29)32-24(19-6-7-30-26(31-19)17-11-34(4)33-25(17)27)23(16)20(9-18(22)28)35-10-15(14(35)3)12-38(5,36)37/h6-9,11,13-15H,10,12H2,1-5H3,(H2,29,32)/t14-,15-/m1/s1. The van der Waals surface area contributed by atoms with E-state index in [2.05, 4.69) is 15.1 Å². The number of benzene rings is 1. The minimum Gasteiger partial charge on any atom is -0.384 e. The highest BCUT2D eigenvalue weighted by Crippen LogP contribution is 2.44. The van der Waals surface area contributed by atoms with Crippen LogP contribution in [0.4, 0.5) is 15.9 Å². The highest BCUT2D eigenvalue weighted by molar-refractivity contribution is 7.90. The molecule has 1 aliphatic heterocycles. The lowest BCUT2D eigenvalue weighted by Gasteiger charge is -2.48. The third-order valence-electron chi connectivity index (χ3n) is 7.04. The van der Waals surface area contributed by atoms with E-state index in [1.807, 2.05) is 25.7 Å². The molecule has 1 aromatic carbocycles. The fraction of sp³-hybridized carbons (Fsp3) is 0.385. The normalized spacial score (nSPS) is 17.8. The van der Waals surface area contributed by atoms with Gasteiger partial charge in [-0.15, -0.1) is 0 Å². The maximum absolute atomic E-state index is 15.6. The summed E-state index contributed by atoms with van der Waals surface area (Å²) < 4.78 is 41.0. The lowest BCUT2D eigenvalue weighted by molar-refractivity contribution is 0.341. The zero-order valence-corrected chi connectivity index (χ0v) is 23.3. The number of anilines is 2. The number of aryl methyl sites for hydroxylation is 1. The molecule has 12 heteroatoms. The van der Waals surface area contributed by atoms with Crippen LogP contribution in [0.25, 0.3) is 33.5 Å². The van der Waals surface area contributed by atoms with Crippen molar-refractivity contribution < 1.29 is 12.8 Å². The number of sulfone groups is 1. The monoisotopic (exact) mass is 557 g/mol. The van der Waals surface area contributed by atoms with E-state index in [0.717, 1.165) is 0 Å². The maximum Gasteiger partial charge on any atom is 0.164 e. The molecule has 4 heterocycles. The summed E-state index contributed by atoms with van der Waals surface area (Å²) in [6, 6.07) is 4.83. The van der Waals surface area contributed by atoms with Crippen LogP contribution < -0.4 is 10.6 Å². The number of aromatic nitrogens is 5. The fourth-order valence-corrected chi connectivity index (χ4v) is 6.67. The Hall–Kier alpha value is -3.31. The van der Waals surface area contributed by atoms with Gasteiger partial charge in [-0.2, -0.15) is 5.10 Å². The Bertz CT molecular complexity index is 1670. The van der Waals surface area contributed by atoms with E-state index in [1.54, 1.807) is 36.3 Å². The zero-order valence-electron chi connectivity index (χ0n) is 21.8. The van der Waals surface area contributed by atoms with Crippen LogP contribution in [0.1, 0.15) is 32.3 Å². The van der Waals surface area contributed by atoms with Crippen LogP contribution in [0.5, 0.6) is 0 Å². The molecule has 0 aliphatic carbocycles. The van der Waals surface area contributed by atoms with E-state index in [-0.39, 0.29) is 40.4 Å². The molecule has 2 atom stereocenters. The number of pyridine rings is 1. The molecular weight excluding hydrogens is 529 g/mol. The van der Waals surface area contributed by atoms with E-state index in [0.29, 0.717) is 51.3 Å². The summed E-state index contributed by atoms with van der Waals surface area (Å²) in [7, 11) is -1.39. The van der Waals surface area contributed by atoms with Crippen LogP contribution in [0.3, 0.4) is 0 Å². The summed E-state index contributed by atoms with van der Waals surface area (Å²) in [6.45, 7) is 6.29. The van der Waals surface area contributed by atoms with Gasteiger partial charge in [0.1, 0.15) is 27.2 Å². The molecule has 2 N–H and O–H groups in total. The van der Waals surface area contributed by atoms with E-state index < -0.39 is 9.84 Å². The van der Waals surface area contributed by atoms with Gasteiger partial charge in [-0.1, -0.05) is 25.4 Å². The lowest BCUT2D eigenvalue weighted by atomic mass is 9.87. The van der Waals surface area contributed by atoms with Crippen molar-refractivity contribution in [3.05, 3.63) is 47.1 Å². The Morgan fingerprint density at radius 2 is 2.00 bits per heavy atom. The average molecular weight is 558 g/mol. The first-order chi connectivity index (χ1) is 17.8. The highest BCUT2D eigenvalue weighted by Gasteiger charge is 2.39. The number of nitrogens with zero attached hydrogens (tertiary/aromatic N) is 6. The summed E-state index contributed by atoms with van der Waals surface area (Å²) in [5, 5.41) is 5.79. The van der Waals surface area contributed by atoms with Crippen LogP contribution in [0.2, 0.25) is 5.15 Å². The summed E-state index contributed by atoms with van der Waals surface area (Å²) in [5.74, 6) is 0.158. The molecule has 200 valence electrons. The summed E-state index contributed by atoms with van der Waals surface area (Å²) in [6.07, 6.45) is 4.58. The minimum absolute atomic E-state index is 0.0588. The SMILES string of the molecule is CC(C)c1c(F)cc(N2C[C@H](CS(C)(=O)=O)[C@H]2C)c2c(-c3ccnc(-c4cn(C)nc4Cl)n3)nc(N)cc12. The summed E-state index contributed by atoms with van der Waals surface area (Å²) in [5.41, 5.74) is 8.96. The molecule has 0 amide bonds. The number of nitrogens with two attached hydrogens (primary N) is 1.